The number of carbonyl (C=O) groups excluding carboxylic acids is 3. The van der Waals surface area contributed by atoms with E-state index in [2.05, 4.69) is 6.58 Å². The number of epoxide rings is 1. The van der Waals surface area contributed by atoms with Gasteiger partial charge in [-0.3, -0.25) is 4.79 Å². The minimum Gasteiger partial charge on any atom is -0.458 e. The van der Waals surface area contributed by atoms with Crippen molar-refractivity contribution >= 4 is 17.9 Å². The predicted molar refractivity (Wildman–Crippen MR) is 105 cm³/mol. The van der Waals surface area contributed by atoms with E-state index in [1.54, 1.807) is 19.9 Å². The summed E-state index contributed by atoms with van der Waals surface area (Å²) >= 11 is 0. The number of fused-ring (bicyclic) bond motifs is 2. The van der Waals surface area contributed by atoms with Gasteiger partial charge >= 0.3 is 17.9 Å². The van der Waals surface area contributed by atoms with E-state index in [4.69, 9.17) is 24.1 Å². The molecule has 1 N–H and O–H groups in total. The molecule has 0 bridgehead atoms. The first kappa shape index (κ1) is 22.2. The molecule has 6 atom stereocenters. The van der Waals surface area contributed by atoms with Gasteiger partial charge in [0.25, 0.3) is 0 Å². The highest BCUT2D eigenvalue weighted by Gasteiger charge is 2.58. The smallest absolute Gasteiger partial charge is 0.334 e. The molecule has 0 aromatic carbocycles. The molecule has 8 heteroatoms. The maximum atomic E-state index is 12.5. The third-order valence-electron chi connectivity index (χ3n) is 5.95. The lowest BCUT2D eigenvalue weighted by molar-refractivity contribution is -0.149. The molecular weight excluding hydrogens is 392 g/mol. The summed E-state index contributed by atoms with van der Waals surface area (Å²) in [5.74, 6) is -2.15. The molecule has 1 aliphatic carbocycles. The average Bonchev–Trinajstić information content (AvgIpc) is 3.18. The molecule has 2 unspecified atom stereocenters. The second-order valence-electron chi connectivity index (χ2n) is 8.30. The quantitative estimate of drug-likeness (QED) is 0.241. The lowest BCUT2D eigenvalue weighted by atomic mass is 9.82. The molecule has 3 aliphatic rings. The van der Waals surface area contributed by atoms with E-state index < -0.39 is 47.7 Å². The molecule has 2 saturated heterocycles. The minimum atomic E-state index is -0.715. The fourth-order valence-electron chi connectivity index (χ4n) is 4.13. The number of hydrogen-bond donors (Lipinski definition) is 1. The summed E-state index contributed by atoms with van der Waals surface area (Å²) in [7, 11) is 0. The monoisotopic (exact) mass is 420 g/mol. The lowest BCUT2D eigenvalue weighted by Gasteiger charge is -2.29. The Kier molecular flexibility index (Phi) is 6.19. The zero-order chi connectivity index (χ0) is 22.2. The number of aliphatic hydroxyl groups excluding tert-OH is 1. The van der Waals surface area contributed by atoms with Gasteiger partial charge in [-0.2, -0.15) is 0 Å². The summed E-state index contributed by atoms with van der Waals surface area (Å²) in [4.78, 5) is 36.4. The fourth-order valence-corrected chi connectivity index (χ4v) is 4.13. The van der Waals surface area contributed by atoms with Crippen LogP contribution in [0.3, 0.4) is 0 Å². The second-order valence-corrected chi connectivity index (χ2v) is 8.30. The average molecular weight is 420 g/mol. The van der Waals surface area contributed by atoms with Crippen LogP contribution in [0.25, 0.3) is 0 Å². The Hall–Kier alpha value is -2.45. The summed E-state index contributed by atoms with van der Waals surface area (Å²) < 4.78 is 22.6. The van der Waals surface area contributed by atoms with Crippen LogP contribution in [0.15, 0.2) is 35.5 Å². The third kappa shape index (κ3) is 4.49. The number of aliphatic hydroxyl groups is 1. The first-order valence-corrected chi connectivity index (χ1v) is 9.97. The molecular formula is C22H28O8. The highest BCUT2D eigenvalue weighted by Crippen LogP contribution is 2.48. The third-order valence-corrected chi connectivity index (χ3v) is 5.95. The van der Waals surface area contributed by atoms with Gasteiger partial charge in [-0.05, 0) is 38.5 Å². The van der Waals surface area contributed by atoms with Gasteiger partial charge in [-0.25, -0.2) is 9.59 Å². The summed E-state index contributed by atoms with van der Waals surface area (Å²) in [6, 6.07) is 0. The molecule has 0 radical (unpaired) electrons. The highest BCUT2D eigenvalue weighted by molar-refractivity contribution is 5.92. The maximum absolute atomic E-state index is 12.5. The van der Waals surface area contributed by atoms with E-state index in [0.717, 1.165) is 5.57 Å². The summed E-state index contributed by atoms with van der Waals surface area (Å²) in [6.07, 6.45) is 1.75. The van der Waals surface area contributed by atoms with E-state index in [-0.39, 0.29) is 23.9 Å². The van der Waals surface area contributed by atoms with Gasteiger partial charge < -0.3 is 24.1 Å². The van der Waals surface area contributed by atoms with Crippen molar-refractivity contribution in [3.8, 4) is 0 Å². The molecule has 2 aliphatic heterocycles. The number of rotatable bonds is 4. The van der Waals surface area contributed by atoms with Crippen LogP contribution in [0.5, 0.6) is 0 Å². The van der Waals surface area contributed by atoms with Gasteiger partial charge in [0.1, 0.15) is 18.3 Å². The van der Waals surface area contributed by atoms with Crippen molar-refractivity contribution in [2.45, 2.75) is 70.6 Å². The molecule has 30 heavy (non-hydrogen) atoms. The van der Waals surface area contributed by atoms with Gasteiger partial charge in [-0.15, -0.1) is 0 Å². The number of hydrogen-bond acceptors (Lipinski definition) is 8. The van der Waals surface area contributed by atoms with E-state index in [9.17, 15) is 14.4 Å². The van der Waals surface area contributed by atoms with Crippen LogP contribution in [0.4, 0.5) is 0 Å². The number of ether oxygens (including phenoxy) is 4. The van der Waals surface area contributed by atoms with Crippen molar-refractivity contribution in [1.82, 2.24) is 0 Å². The zero-order valence-electron chi connectivity index (χ0n) is 17.7. The van der Waals surface area contributed by atoms with Crippen LogP contribution in [-0.4, -0.2) is 59.6 Å². The number of carbonyl (C=O) groups is 3. The van der Waals surface area contributed by atoms with Crippen LogP contribution in [0.1, 0.15) is 40.5 Å². The molecule has 8 nitrogen and oxygen atoms in total. The van der Waals surface area contributed by atoms with Crippen molar-refractivity contribution in [3.63, 3.8) is 0 Å². The van der Waals surface area contributed by atoms with Crippen LogP contribution in [0.2, 0.25) is 0 Å². The van der Waals surface area contributed by atoms with E-state index in [1.807, 2.05) is 6.92 Å². The van der Waals surface area contributed by atoms with Crippen LogP contribution >= 0.6 is 0 Å². The Morgan fingerprint density at radius 2 is 2.07 bits per heavy atom. The predicted octanol–water partition coefficient (Wildman–Crippen LogP) is 1.76. The molecule has 0 aromatic rings. The van der Waals surface area contributed by atoms with E-state index in [0.29, 0.717) is 12.8 Å². The van der Waals surface area contributed by atoms with Crippen molar-refractivity contribution in [3.05, 3.63) is 35.5 Å². The van der Waals surface area contributed by atoms with Crippen molar-refractivity contribution in [1.29, 1.82) is 0 Å². The van der Waals surface area contributed by atoms with Gasteiger partial charge in [0.2, 0.25) is 0 Å². The van der Waals surface area contributed by atoms with Gasteiger partial charge in [-0.1, -0.05) is 6.58 Å². The Balaban J connectivity index is 1.97. The normalized spacial score (nSPS) is 37.8. The summed E-state index contributed by atoms with van der Waals surface area (Å²) in [5.41, 5.74) is 0.605. The molecule has 2 fully saturated rings. The Morgan fingerprint density at radius 3 is 2.70 bits per heavy atom. The van der Waals surface area contributed by atoms with Gasteiger partial charge in [0.15, 0.2) is 0 Å². The minimum absolute atomic E-state index is 0.191. The highest BCUT2D eigenvalue weighted by atomic mass is 16.6. The topological polar surface area (TPSA) is 112 Å². The number of esters is 3. The summed E-state index contributed by atoms with van der Waals surface area (Å²) in [5, 5.41) is 9.05. The van der Waals surface area contributed by atoms with E-state index >= 15 is 0 Å². The molecule has 0 saturated carbocycles. The van der Waals surface area contributed by atoms with Crippen LogP contribution in [-0.2, 0) is 33.3 Å². The molecule has 0 spiro atoms. The molecule has 2 heterocycles. The van der Waals surface area contributed by atoms with E-state index in [1.165, 1.54) is 13.0 Å². The molecule has 0 aromatic heterocycles. The largest absolute Gasteiger partial charge is 0.458 e. The van der Waals surface area contributed by atoms with Crippen molar-refractivity contribution in [2.24, 2.45) is 5.92 Å². The molecule has 0 amide bonds. The van der Waals surface area contributed by atoms with Crippen LogP contribution in [0, 0.1) is 5.92 Å². The second kappa shape index (κ2) is 8.35. The Labute approximate surface area is 175 Å². The van der Waals surface area contributed by atoms with Gasteiger partial charge in [0.05, 0.1) is 24.2 Å². The zero-order valence-corrected chi connectivity index (χ0v) is 17.7. The molecule has 164 valence electrons. The SMILES string of the molecule is C=C1C(=O)O[C@@H]2/C=C(/C)C(OC(C)=O)C[C@H]3O[C@]3(C)CC(OC(=O)/C(C)=C\CO)[C@@H]12. The molecule has 3 rings (SSSR count). The first-order valence-electron chi connectivity index (χ1n) is 9.97. The maximum Gasteiger partial charge on any atom is 0.334 e. The van der Waals surface area contributed by atoms with Crippen LogP contribution < -0.4 is 0 Å². The Morgan fingerprint density at radius 1 is 1.37 bits per heavy atom. The van der Waals surface area contributed by atoms with Crippen molar-refractivity contribution in [2.75, 3.05) is 6.61 Å². The van der Waals surface area contributed by atoms with Crippen molar-refractivity contribution < 1.29 is 38.4 Å². The summed E-state index contributed by atoms with van der Waals surface area (Å²) in [6.45, 7) is 10.2. The standard InChI is InChI=1S/C22H28O8/c1-11(6-7-23)20(25)29-17-10-22(5)18(30-22)9-15(27-14(4)24)12(2)8-16-19(17)13(3)21(26)28-16/h6,8,15-19,23H,3,7,9-10H2,1-2,4-5H3/b11-6-,12-8-/t15?,16-,17?,18-,19+,22-/m1/s1. The lowest BCUT2D eigenvalue weighted by Crippen LogP contribution is -2.38. The first-order chi connectivity index (χ1) is 14.1. The Bertz CT molecular complexity index is 825. The van der Waals surface area contributed by atoms with Gasteiger partial charge in [0, 0.05) is 30.9 Å². The fraction of sp³-hybridized carbons (Fsp3) is 0.591.